The number of hydrogen-bond donors (Lipinski definition) is 3. The molecule has 3 aliphatic rings. The van der Waals surface area contributed by atoms with Crippen LogP contribution in [0.25, 0.3) is 0 Å². The van der Waals surface area contributed by atoms with Gasteiger partial charge in [-0.1, -0.05) is 12.8 Å². The van der Waals surface area contributed by atoms with Crippen molar-refractivity contribution in [3.05, 3.63) is 30.0 Å². The Hall–Kier alpha value is -3.40. The number of fused-ring (bicyclic) bond motifs is 1. The lowest BCUT2D eigenvalue weighted by Gasteiger charge is -2.30. The minimum atomic E-state index is -0.114. The van der Waals surface area contributed by atoms with Gasteiger partial charge in [-0.2, -0.15) is 4.98 Å². The summed E-state index contributed by atoms with van der Waals surface area (Å²) < 4.78 is 5.60. The highest BCUT2D eigenvalue weighted by Gasteiger charge is 2.31. The molecule has 2 aliphatic heterocycles. The molecule has 1 unspecified atom stereocenters. The molecule has 2 amide bonds. The molecule has 10 heteroatoms. The lowest BCUT2D eigenvalue weighted by Crippen LogP contribution is -2.38. The van der Waals surface area contributed by atoms with E-state index in [0.717, 1.165) is 50.3 Å². The van der Waals surface area contributed by atoms with Gasteiger partial charge in [-0.25, -0.2) is 4.98 Å². The molecular weight excluding hydrogens is 470 g/mol. The molecule has 198 valence electrons. The van der Waals surface area contributed by atoms with E-state index >= 15 is 0 Å². The maximum absolute atomic E-state index is 12.8. The van der Waals surface area contributed by atoms with Crippen LogP contribution in [0.2, 0.25) is 0 Å². The zero-order valence-corrected chi connectivity index (χ0v) is 21.8. The van der Waals surface area contributed by atoms with Gasteiger partial charge in [0, 0.05) is 38.2 Å². The van der Waals surface area contributed by atoms with E-state index in [2.05, 4.69) is 25.8 Å². The lowest BCUT2D eigenvalue weighted by molar-refractivity contribution is -0.118. The van der Waals surface area contributed by atoms with E-state index in [1.165, 1.54) is 12.8 Å². The average Bonchev–Trinajstić information content (AvgIpc) is 3.43. The summed E-state index contributed by atoms with van der Waals surface area (Å²) in [6.07, 6.45) is 9.06. The number of ether oxygens (including phenoxy) is 1. The highest BCUT2D eigenvalue weighted by Crippen LogP contribution is 2.37. The van der Waals surface area contributed by atoms with Crippen molar-refractivity contribution >= 4 is 35.0 Å². The number of piperidine rings is 1. The van der Waals surface area contributed by atoms with Gasteiger partial charge in [0.15, 0.2) is 5.82 Å². The summed E-state index contributed by atoms with van der Waals surface area (Å²) in [4.78, 5) is 38.7. The number of hydrogen-bond acceptors (Lipinski definition) is 8. The number of anilines is 4. The summed E-state index contributed by atoms with van der Waals surface area (Å²) in [5.41, 5.74) is 1.94. The molecule has 1 aromatic heterocycles. The van der Waals surface area contributed by atoms with Gasteiger partial charge < -0.3 is 30.5 Å². The van der Waals surface area contributed by atoms with E-state index in [-0.39, 0.29) is 11.8 Å². The highest BCUT2D eigenvalue weighted by atomic mass is 16.5. The molecule has 2 aromatic rings. The Kier molecular flexibility index (Phi) is 7.73. The van der Waals surface area contributed by atoms with E-state index in [4.69, 9.17) is 9.72 Å². The zero-order chi connectivity index (χ0) is 25.8. The second kappa shape index (κ2) is 11.3. The van der Waals surface area contributed by atoms with Crippen LogP contribution >= 0.6 is 0 Å². The molecule has 2 fully saturated rings. The largest absolute Gasteiger partial charge is 0.495 e. The Morgan fingerprint density at radius 2 is 2.05 bits per heavy atom. The molecule has 3 heterocycles. The summed E-state index contributed by atoms with van der Waals surface area (Å²) >= 11 is 0. The van der Waals surface area contributed by atoms with Gasteiger partial charge in [-0.3, -0.25) is 9.59 Å². The Morgan fingerprint density at radius 3 is 2.81 bits per heavy atom. The topological polar surface area (TPSA) is 112 Å². The van der Waals surface area contributed by atoms with Crippen LogP contribution in [0.4, 0.5) is 23.1 Å². The SMILES string of the molecule is COc1cc(C(=O)NCC2CCCNC2)ccc1Nc1ncc2c(n1)N(C1CCCC1)CCC(=O)N2C. The van der Waals surface area contributed by atoms with Crippen molar-refractivity contribution < 1.29 is 14.3 Å². The second-order valence-electron chi connectivity index (χ2n) is 10.2. The molecule has 5 rings (SSSR count). The average molecular weight is 508 g/mol. The second-order valence-corrected chi connectivity index (χ2v) is 10.2. The summed E-state index contributed by atoms with van der Waals surface area (Å²) in [6.45, 7) is 3.31. The van der Waals surface area contributed by atoms with Gasteiger partial charge in [-0.05, 0) is 62.9 Å². The van der Waals surface area contributed by atoms with Crippen molar-refractivity contribution in [3.63, 3.8) is 0 Å². The Morgan fingerprint density at radius 1 is 1.22 bits per heavy atom. The first kappa shape index (κ1) is 25.3. The van der Waals surface area contributed by atoms with Crippen molar-refractivity contribution in [2.24, 2.45) is 5.92 Å². The monoisotopic (exact) mass is 507 g/mol. The fourth-order valence-electron chi connectivity index (χ4n) is 5.56. The molecule has 1 aromatic carbocycles. The van der Waals surface area contributed by atoms with Gasteiger partial charge in [0.1, 0.15) is 11.4 Å². The van der Waals surface area contributed by atoms with Crippen molar-refractivity contribution in [2.75, 3.05) is 55.5 Å². The highest BCUT2D eigenvalue weighted by molar-refractivity contribution is 5.97. The summed E-state index contributed by atoms with van der Waals surface area (Å²) in [5.74, 6) is 2.15. The smallest absolute Gasteiger partial charge is 0.251 e. The normalized spacial score (nSPS) is 20.4. The van der Waals surface area contributed by atoms with Gasteiger partial charge in [0.2, 0.25) is 11.9 Å². The predicted octanol–water partition coefficient (Wildman–Crippen LogP) is 3.07. The molecule has 3 N–H and O–H groups in total. The van der Waals surface area contributed by atoms with Crippen LogP contribution in [0.3, 0.4) is 0 Å². The third-order valence-corrected chi connectivity index (χ3v) is 7.75. The number of carbonyl (C=O) groups excluding carboxylic acids is 2. The number of rotatable bonds is 7. The standard InChI is InChI=1S/C27H37N7O3/c1-33-22-17-30-27(32-25(22)34(13-11-24(33)35)20-7-3-4-8-20)31-21-10-9-19(14-23(21)37-2)26(36)29-16-18-6-5-12-28-15-18/h9-10,14,17-18,20,28H,3-8,11-13,15-16H2,1-2H3,(H,29,36)(H,30,31,32). The molecule has 1 saturated carbocycles. The minimum Gasteiger partial charge on any atom is -0.495 e. The minimum absolute atomic E-state index is 0.0707. The van der Waals surface area contributed by atoms with Crippen molar-refractivity contribution in [2.45, 2.75) is 51.0 Å². The number of aromatic nitrogens is 2. The van der Waals surface area contributed by atoms with E-state index in [9.17, 15) is 9.59 Å². The van der Waals surface area contributed by atoms with Crippen molar-refractivity contribution in [1.29, 1.82) is 0 Å². The number of amides is 2. The third-order valence-electron chi connectivity index (χ3n) is 7.75. The lowest BCUT2D eigenvalue weighted by atomic mass is 9.99. The first-order chi connectivity index (χ1) is 18.0. The molecule has 1 aliphatic carbocycles. The number of carbonyl (C=O) groups is 2. The molecule has 37 heavy (non-hydrogen) atoms. The Bertz CT molecular complexity index is 1130. The van der Waals surface area contributed by atoms with E-state index in [0.29, 0.717) is 54.4 Å². The fraction of sp³-hybridized carbons (Fsp3) is 0.556. The predicted molar refractivity (Wildman–Crippen MR) is 144 cm³/mol. The first-order valence-electron chi connectivity index (χ1n) is 13.4. The van der Waals surface area contributed by atoms with Crippen LogP contribution in [0.15, 0.2) is 24.4 Å². The quantitative estimate of drug-likeness (QED) is 0.524. The van der Waals surface area contributed by atoms with Crippen LogP contribution in [-0.4, -0.2) is 68.2 Å². The van der Waals surface area contributed by atoms with E-state index in [1.54, 1.807) is 37.4 Å². The van der Waals surface area contributed by atoms with Crippen LogP contribution in [-0.2, 0) is 4.79 Å². The molecule has 0 spiro atoms. The maximum atomic E-state index is 12.8. The third kappa shape index (κ3) is 5.64. The van der Waals surface area contributed by atoms with Gasteiger partial charge in [-0.15, -0.1) is 0 Å². The number of methoxy groups -OCH3 is 1. The first-order valence-corrected chi connectivity index (χ1v) is 13.4. The van der Waals surface area contributed by atoms with Crippen LogP contribution in [0.5, 0.6) is 5.75 Å². The summed E-state index contributed by atoms with van der Waals surface area (Å²) in [6, 6.07) is 5.71. The van der Waals surface area contributed by atoms with Gasteiger partial charge in [0.25, 0.3) is 5.91 Å². The van der Waals surface area contributed by atoms with Crippen LogP contribution < -0.4 is 30.5 Å². The number of benzene rings is 1. The van der Waals surface area contributed by atoms with Crippen molar-refractivity contribution in [3.8, 4) is 5.75 Å². The molecule has 1 atom stereocenters. The number of nitrogens with zero attached hydrogens (tertiary/aromatic N) is 4. The maximum Gasteiger partial charge on any atom is 0.251 e. The van der Waals surface area contributed by atoms with Gasteiger partial charge >= 0.3 is 0 Å². The van der Waals surface area contributed by atoms with E-state index < -0.39 is 0 Å². The fourth-order valence-corrected chi connectivity index (χ4v) is 5.56. The summed E-state index contributed by atoms with van der Waals surface area (Å²) in [7, 11) is 3.36. The van der Waals surface area contributed by atoms with Crippen molar-refractivity contribution in [1.82, 2.24) is 20.6 Å². The molecular formula is C27H37N7O3. The van der Waals surface area contributed by atoms with Crippen LogP contribution in [0, 0.1) is 5.92 Å². The molecule has 10 nitrogen and oxygen atoms in total. The van der Waals surface area contributed by atoms with Crippen LogP contribution in [0.1, 0.15) is 55.3 Å². The molecule has 0 bridgehead atoms. The summed E-state index contributed by atoms with van der Waals surface area (Å²) in [5, 5.41) is 9.69. The Balaban J connectivity index is 1.34. The van der Waals surface area contributed by atoms with Gasteiger partial charge in [0.05, 0.1) is 19.0 Å². The zero-order valence-electron chi connectivity index (χ0n) is 21.8. The molecule has 1 saturated heterocycles. The Labute approximate surface area is 218 Å². The van der Waals surface area contributed by atoms with E-state index in [1.807, 2.05) is 6.07 Å². The number of nitrogens with one attached hydrogen (secondary N) is 3. The molecule has 0 radical (unpaired) electrons.